The number of hydrogen-bond acceptors (Lipinski definition) is 2. The van der Waals surface area contributed by atoms with E-state index < -0.39 is 89.9 Å². The van der Waals surface area contributed by atoms with Gasteiger partial charge in [0, 0.05) is 0 Å². The van der Waals surface area contributed by atoms with Crippen LogP contribution in [-0.4, -0.2) is 18.3 Å². The summed E-state index contributed by atoms with van der Waals surface area (Å²) in [6, 6.07) is -4.84. The molecule has 154 valence electrons. The smallest absolute Gasteiger partial charge is 0.399 e. The number of benzene rings is 4. The second kappa shape index (κ2) is 7.37. The van der Waals surface area contributed by atoms with Crippen molar-refractivity contribution in [2.45, 2.75) is 38.9 Å². The van der Waals surface area contributed by atoms with Gasteiger partial charge in [-0.15, -0.1) is 0 Å². The van der Waals surface area contributed by atoms with Crippen LogP contribution in [0.2, 0.25) is 0 Å². The topological polar surface area (TPSA) is 18.5 Å². The molecule has 0 spiro atoms. The summed E-state index contributed by atoms with van der Waals surface area (Å²) in [4.78, 5) is 0. The van der Waals surface area contributed by atoms with Crippen molar-refractivity contribution in [3.05, 3.63) is 90.7 Å². The van der Waals surface area contributed by atoms with Crippen LogP contribution in [0.15, 0.2) is 90.7 Å². The van der Waals surface area contributed by atoms with Crippen LogP contribution in [0.1, 0.15) is 45.5 Å². The van der Waals surface area contributed by atoms with Crippen LogP contribution >= 0.6 is 0 Å². The molecule has 1 aliphatic rings. The fourth-order valence-electron chi connectivity index (χ4n) is 3.31. The molecule has 31 heavy (non-hydrogen) atoms. The molecule has 2 nitrogen and oxygen atoms in total. The van der Waals surface area contributed by atoms with Gasteiger partial charge in [0.25, 0.3) is 0 Å². The van der Waals surface area contributed by atoms with Gasteiger partial charge in [-0.1, -0.05) is 78.6 Å². The highest BCUT2D eigenvalue weighted by molar-refractivity contribution is 6.62. The molecule has 0 saturated carbocycles. The van der Waals surface area contributed by atoms with Crippen LogP contribution in [0, 0.1) is 0 Å². The fourth-order valence-corrected chi connectivity index (χ4v) is 3.31. The van der Waals surface area contributed by atoms with E-state index in [1.807, 2.05) is 0 Å². The van der Waals surface area contributed by atoms with Crippen molar-refractivity contribution in [1.29, 1.82) is 0 Å². The molecule has 0 N–H and O–H groups in total. The molecule has 1 fully saturated rings. The molecule has 0 bridgehead atoms. The molecule has 0 atom stereocenters. The summed E-state index contributed by atoms with van der Waals surface area (Å²) in [6.45, 7) is 7.13. The van der Waals surface area contributed by atoms with E-state index in [4.69, 9.17) is 24.4 Å². The van der Waals surface area contributed by atoms with E-state index in [0.717, 1.165) is 6.07 Å². The Hall–Kier alpha value is -2.88. The van der Waals surface area contributed by atoms with Gasteiger partial charge in [0.15, 0.2) is 0 Å². The van der Waals surface area contributed by atoms with Gasteiger partial charge in [0.2, 0.25) is 0 Å². The molecule has 0 aromatic heterocycles. The highest BCUT2D eigenvalue weighted by Crippen LogP contribution is 2.37. The second-order valence-corrected chi connectivity index (χ2v) is 8.28. The summed E-state index contributed by atoms with van der Waals surface area (Å²) >= 11 is 0. The predicted octanol–water partition coefficient (Wildman–Crippen LogP) is 6.47. The Kier molecular flexibility index (Phi) is 2.42. The Morgan fingerprint density at radius 1 is 0.677 bits per heavy atom. The van der Waals surface area contributed by atoms with Crippen molar-refractivity contribution in [2.24, 2.45) is 0 Å². The van der Waals surface area contributed by atoms with Gasteiger partial charge in [-0.25, -0.2) is 0 Å². The summed E-state index contributed by atoms with van der Waals surface area (Å²) in [5, 5.41) is -0.288. The van der Waals surface area contributed by atoms with E-state index in [1.165, 1.54) is 6.07 Å². The lowest BCUT2D eigenvalue weighted by Gasteiger charge is -2.32. The molecule has 1 heterocycles. The first-order valence-corrected chi connectivity index (χ1v) is 9.82. The molecule has 1 aliphatic heterocycles. The van der Waals surface area contributed by atoms with Crippen molar-refractivity contribution in [3.63, 3.8) is 0 Å². The van der Waals surface area contributed by atoms with Gasteiger partial charge in [0.1, 0.15) is 0 Å². The summed E-state index contributed by atoms with van der Waals surface area (Å²) < 4.78 is 123. The van der Waals surface area contributed by atoms with E-state index in [-0.39, 0.29) is 45.5 Å². The quantitative estimate of drug-likeness (QED) is 0.354. The average Bonchev–Trinajstić information content (AvgIpc) is 3.15. The third-order valence-corrected chi connectivity index (χ3v) is 5.72. The molecule has 5 rings (SSSR count). The normalized spacial score (nSPS) is 23.1. The molecular weight excluding hydrogens is 379 g/mol. The third-order valence-electron chi connectivity index (χ3n) is 5.72. The van der Waals surface area contributed by atoms with E-state index in [9.17, 15) is 2.74 Å². The summed E-state index contributed by atoms with van der Waals surface area (Å²) in [5.74, 6) is 0. The minimum atomic E-state index is -1.24. The first-order chi connectivity index (χ1) is 20.2. The number of fused-ring (bicyclic) bond motifs is 1. The minimum Gasteiger partial charge on any atom is -0.399 e. The predicted molar refractivity (Wildman–Crippen MR) is 131 cm³/mol. The van der Waals surface area contributed by atoms with Crippen molar-refractivity contribution in [3.8, 4) is 22.3 Å². The Bertz CT molecular complexity index is 1880. The number of rotatable bonds is 3. The van der Waals surface area contributed by atoms with Gasteiger partial charge in [-0.3, -0.25) is 0 Å². The second-order valence-electron chi connectivity index (χ2n) is 8.28. The first-order valence-electron chi connectivity index (χ1n) is 16.3. The van der Waals surface area contributed by atoms with Gasteiger partial charge < -0.3 is 9.31 Å². The van der Waals surface area contributed by atoms with Crippen LogP contribution in [0.5, 0.6) is 0 Å². The van der Waals surface area contributed by atoms with Crippen molar-refractivity contribution >= 4 is 23.4 Å². The van der Waals surface area contributed by atoms with Crippen LogP contribution in [-0.2, 0) is 9.31 Å². The van der Waals surface area contributed by atoms with E-state index in [2.05, 4.69) is 0 Å². The third kappa shape index (κ3) is 3.58. The zero-order valence-electron chi connectivity index (χ0n) is 30.5. The highest BCUT2D eigenvalue weighted by Gasteiger charge is 2.51. The van der Waals surface area contributed by atoms with Crippen LogP contribution in [0.4, 0.5) is 0 Å². The standard InChI is InChI=1S/C28H27BO2/c1-27(2)28(3,4)31-29(30-27)24-15-10-14-22(18-24)26-19-23(20-11-6-5-7-12-20)17-21-13-8-9-16-25(21)26/h5-19H,1-4H3/i5D,6D,7D,8D,9D,10D,11D,12D,13D,15D,17D,18D,19D. The van der Waals surface area contributed by atoms with Gasteiger partial charge >= 0.3 is 7.12 Å². The monoisotopic (exact) mass is 419 g/mol. The Labute approximate surface area is 203 Å². The Balaban J connectivity index is 1.98. The van der Waals surface area contributed by atoms with E-state index in [0.29, 0.717) is 0 Å². The summed E-state index contributed by atoms with van der Waals surface area (Å²) in [5.41, 5.74) is -3.01. The minimum absolute atomic E-state index is 0.0485. The van der Waals surface area contributed by atoms with Crippen molar-refractivity contribution in [2.75, 3.05) is 0 Å². The van der Waals surface area contributed by atoms with Gasteiger partial charge in [0.05, 0.1) is 29.0 Å². The molecule has 0 amide bonds. The van der Waals surface area contributed by atoms with E-state index in [1.54, 1.807) is 27.7 Å². The van der Waals surface area contributed by atoms with Crippen LogP contribution in [0.3, 0.4) is 0 Å². The van der Waals surface area contributed by atoms with Crippen molar-refractivity contribution < 1.29 is 27.1 Å². The molecule has 1 saturated heterocycles. The molecule has 4 aromatic rings. The fraction of sp³-hybridized carbons (Fsp3) is 0.214. The Morgan fingerprint density at radius 3 is 2.13 bits per heavy atom. The lowest BCUT2D eigenvalue weighted by Crippen LogP contribution is -2.41. The lowest BCUT2D eigenvalue weighted by molar-refractivity contribution is 0.00578. The molecule has 4 aromatic carbocycles. The Morgan fingerprint density at radius 2 is 1.39 bits per heavy atom. The van der Waals surface area contributed by atoms with Gasteiger partial charge in [-0.05, 0) is 78.3 Å². The highest BCUT2D eigenvalue weighted by atomic mass is 16.7. The van der Waals surface area contributed by atoms with E-state index >= 15 is 0 Å². The summed E-state index contributed by atoms with van der Waals surface area (Å²) in [6.07, 6.45) is 0. The lowest BCUT2D eigenvalue weighted by atomic mass is 9.77. The largest absolute Gasteiger partial charge is 0.494 e. The number of hydrogen-bond donors (Lipinski definition) is 0. The maximum atomic E-state index is 9.27. The van der Waals surface area contributed by atoms with Gasteiger partial charge in [-0.2, -0.15) is 0 Å². The first kappa shape index (κ1) is 10.2. The summed E-state index contributed by atoms with van der Waals surface area (Å²) in [7, 11) is -1.24. The molecule has 0 aliphatic carbocycles. The molecule has 3 heteroatoms. The average molecular weight is 419 g/mol. The maximum absolute atomic E-state index is 9.27. The molecule has 0 unspecified atom stereocenters. The van der Waals surface area contributed by atoms with Crippen LogP contribution in [0.25, 0.3) is 33.0 Å². The molecular formula is C28H27BO2. The van der Waals surface area contributed by atoms with Crippen LogP contribution < -0.4 is 5.46 Å². The van der Waals surface area contributed by atoms with Crippen molar-refractivity contribution in [1.82, 2.24) is 0 Å². The zero-order chi connectivity index (χ0) is 33.0. The SMILES string of the molecule is [2H]c1cc(-c2c([2H])c(-c3c([2H])c([2H])c([2H])c([2H])c3[2H])c([2H])c3c([2H])c([2H])c([2H])cc23)c([2H])c(B2OC(C)(C)C(C)(C)O2)c1[2H]. The maximum Gasteiger partial charge on any atom is 0.494 e. The molecule has 0 radical (unpaired) electrons. The zero-order valence-corrected chi connectivity index (χ0v) is 17.5.